The third-order valence-corrected chi connectivity index (χ3v) is 4.48. The van der Waals surface area contributed by atoms with Crippen LogP contribution in [0.3, 0.4) is 0 Å². The van der Waals surface area contributed by atoms with Crippen molar-refractivity contribution in [1.82, 2.24) is 0 Å². The predicted octanol–water partition coefficient (Wildman–Crippen LogP) is 3.11. The van der Waals surface area contributed by atoms with Crippen molar-refractivity contribution in [3.63, 3.8) is 0 Å². The molecule has 0 aromatic heterocycles. The maximum absolute atomic E-state index is 11.6. The molecular formula is C10H16Cl2O3S. The third-order valence-electron chi connectivity index (χ3n) is 4.48. The van der Waals surface area contributed by atoms with Crippen LogP contribution in [-0.2, 0) is 13.1 Å². The van der Waals surface area contributed by atoms with E-state index in [0.29, 0.717) is 11.7 Å². The molecule has 2 aliphatic rings. The topological polar surface area (TPSA) is 51.2 Å². The van der Waals surface area contributed by atoms with Crippen LogP contribution in [0.2, 0.25) is 0 Å². The summed E-state index contributed by atoms with van der Waals surface area (Å²) in [6.07, 6.45) is 3.25. The van der Waals surface area contributed by atoms with E-state index >= 15 is 0 Å². The molecule has 0 aromatic rings. The van der Waals surface area contributed by atoms with Crippen LogP contribution in [0.1, 0.15) is 40.0 Å². The largest absolute Gasteiger partial charge is 0.317 e. The van der Waals surface area contributed by atoms with Gasteiger partial charge < -0.3 is 0 Å². The molecular weight excluding hydrogens is 271 g/mol. The summed E-state index contributed by atoms with van der Waals surface area (Å²) in [5, 5.41) is 0. The van der Waals surface area contributed by atoms with Crippen LogP contribution in [0, 0.1) is 16.7 Å². The second-order valence-corrected chi connectivity index (χ2v) is 8.96. The molecule has 0 heterocycles. The fourth-order valence-corrected chi connectivity index (χ4v) is 2.90. The minimum absolute atomic E-state index is 0.0255. The molecule has 0 aliphatic heterocycles. The number of ketones is 1. The van der Waals surface area contributed by atoms with Crippen molar-refractivity contribution in [3.05, 3.63) is 0 Å². The van der Waals surface area contributed by atoms with Crippen molar-refractivity contribution in [2.24, 2.45) is 16.7 Å². The summed E-state index contributed by atoms with van der Waals surface area (Å²) < 4.78 is 18.3. The van der Waals surface area contributed by atoms with E-state index in [1.807, 2.05) is 0 Å². The van der Waals surface area contributed by atoms with E-state index in [0.717, 1.165) is 12.8 Å². The summed E-state index contributed by atoms with van der Waals surface area (Å²) in [5.41, 5.74) is 0.307. The van der Waals surface area contributed by atoms with Gasteiger partial charge in [0.25, 0.3) is 0 Å². The highest BCUT2D eigenvalue weighted by molar-refractivity contribution is 8.31. The Bertz CT molecular complexity index is 394. The molecule has 94 valence electrons. The van der Waals surface area contributed by atoms with Crippen LogP contribution >= 0.6 is 21.4 Å². The normalized spacial score (nSPS) is 35.8. The lowest BCUT2D eigenvalue weighted by Crippen LogP contribution is -2.32. The van der Waals surface area contributed by atoms with Crippen LogP contribution in [-0.4, -0.2) is 14.2 Å². The number of Topliss-reactive ketones (excluding diaryl/α,β-unsaturated/α-hetero) is 1. The molecule has 0 aromatic carbocycles. The fourth-order valence-electron chi connectivity index (χ4n) is 2.90. The lowest BCUT2D eigenvalue weighted by Gasteiger charge is -2.32. The first-order valence-electron chi connectivity index (χ1n) is 5.16. The first kappa shape index (κ1) is 14.3. The Labute approximate surface area is 105 Å². The Hall–Kier alpha value is 0.200. The zero-order valence-electron chi connectivity index (χ0n) is 9.59. The van der Waals surface area contributed by atoms with Crippen LogP contribution in [0.4, 0.5) is 0 Å². The average molecular weight is 287 g/mol. The van der Waals surface area contributed by atoms with Crippen molar-refractivity contribution in [1.29, 1.82) is 0 Å². The van der Waals surface area contributed by atoms with Crippen LogP contribution < -0.4 is 0 Å². The lowest BCUT2D eigenvalue weighted by atomic mass is 9.70. The number of halogens is 2. The van der Waals surface area contributed by atoms with Gasteiger partial charge in [-0.25, -0.2) is 0 Å². The molecule has 2 bridgehead atoms. The van der Waals surface area contributed by atoms with Gasteiger partial charge in [0.15, 0.2) is 0 Å². The van der Waals surface area contributed by atoms with E-state index in [1.54, 1.807) is 0 Å². The van der Waals surface area contributed by atoms with Crippen LogP contribution in [0.15, 0.2) is 0 Å². The van der Waals surface area contributed by atoms with Gasteiger partial charge in [-0.1, -0.05) is 20.8 Å². The van der Waals surface area contributed by atoms with Crippen molar-refractivity contribution in [2.45, 2.75) is 40.0 Å². The molecule has 2 atom stereocenters. The van der Waals surface area contributed by atoms with Gasteiger partial charge in [0.05, 0.1) is 0 Å². The standard InChI is InChI=1S/C10H16O.Cl2O2S/c1-9(2)7-4-5-10(9,3)8(11)6-7;1-5(2,3)4/h7H,4-6H2,1-3H3;/t7-,10+;/m1./s1. The molecule has 2 fully saturated rings. The summed E-state index contributed by atoms with van der Waals surface area (Å²) >= 11 is 0. The highest BCUT2D eigenvalue weighted by Gasteiger charge is 2.61. The maximum Gasteiger partial charge on any atom is 0.317 e. The van der Waals surface area contributed by atoms with Crippen molar-refractivity contribution >= 4 is 35.4 Å². The Morgan fingerprint density at radius 2 is 1.69 bits per heavy atom. The van der Waals surface area contributed by atoms with Crippen molar-refractivity contribution in [2.75, 3.05) is 0 Å². The highest BCUT2D eigenvalue weighted by Crippen LogP contribution is 2.63. The fraction of sp³-hybridized carbons (Fsp3) is 0.900. The molecule has 2 aliphatic carbocycles. The highest BCUT2D eigenvalue weighted by atomic mass is 36.0. The zero-order valence-corrected chi connectivity index (χ0v) is 11.9. The summed E-state index contributed by atoms with van der Waals surface area (Å²) in [6.45, 7) is 6.67. The first-order chi connectivity index (χ1) is 6.98. The SMILES string of the molecule is CC1(C)[C@@H]2CC[C@@]1(C)C(=O)C2.O=S(=O)(Cl)Cl. The molecule has 2 rings (SSSR count). The molecule has 0 saturated heterocycles. The molecule has 0 radical (unpaired) electrons. The smallest absolute Gasteiger partial charge is 0.299 e. The maximum atomic E-state index is 11.6. The summed E-state index contributed by atoms with van der Waals surface area (Å²) in [4.78, 5) is 11.6. The van der Waals surface area contributed by atoms with Crippen LogP contribution in [0.5, 0.6) is 0 Å². The van der Waals surface area contributed by atoms with E-state index in [9.17, 15) is 4.79 Å². The molecule has 0 spiro atoms. The second-order valence-electron chi connectivity index (χ2n) is 5.30. The van der Waals surface area contributed by atoms with E-state index in [1.165, 1.54) is 6.42 Å². The van der Waals surface area contributed by atoms with Gasteiger partial charge in [-0.3, -0.25) is 4.79 Å². The minimum Gasteiger partial charge on any atom is -0.299 e. The minimum atomic E-state index is -3.72. The van der Waals surface area contributed by atoms with E-state index < -0.39 is 8.26 Å². The quantitative estimate of drug-likeness (QED) is 0.643. The first-order valence-corrected chi connectivity index (χ1v) is 8.29. The molecule has 6 heteroatoms. The number of hydrogen-bond donors (Lipinski definition) is 0. The number of hydrogen-bond acceptors (Lipinski definition) is 3. The van der Waals surface area contributed by atoms with E-state index in [4.69, 9.17) is 8.42 Å². The Morgan fingerprint density at radius 3 is 1.81 bits per heavy atom. The van der Waals surface area contributed by atoms with E-state index in [-0.39, 0.29) is 10.8 Å². The molecule has 16 heavy (non-hydrogen) atoms. The van der Waals surface area contributed by atoms with Gasteiger partial charge in [-0.05, 0) is 24.2 Å². The average Bonchev–Trinajstić information content (AvgIpc) is 2.33. The van der Waals surface area contributed by atoms with Gasteiger partial charge in [-0.2, -0.15) is 8.42 Å². The zero-order chi connectivity index (χ0) is 12.8. The Kier molecular flexibility index (Phi) is 3.69. The Morgan fingerprint density at radius 1 is 1.25 bits per heavy atom. The summed E-state index contributed by atoms with van der Waals surface area (Å²) in [5.74, 6) is 1.19. The van der Waals surface area contributed by atoms with Gasteiger partial charge in [0, 0.05) is 33.2 Å². The van der Waals surface area contributed by atoms with Crippen molar-refractivity contribution in [3.8, 4) is 0 Å². The molecule has 0 amide bonds. The predicted molar refractivity (Wildman–Crippen MR) is 64.9 cm³/mol. The number of fused-ring (bicyclic) bond motifs is 2. The second kappa shape index (κ2) is 4.14. The van der Waals surface area contributed by atoms with Crippen LogP contribution in [0.25, 0.3) is 0 Å². The van der Waals surface area contributed by atoms with Gasteiger partial charge in [0.2, 0.25) is 0 Å². The van der Waals surface area contributed by atoms with E-state index in [2.05, 4.69) is 42.1 Å². The molecule has 3 nitrogen and oxygen atoms in total. The summed E-state index contributed by atoms with van der Waals surface area (Å²) in [6, 6.07) is 0. The number of rotatable bonds is 0. The van der Waals surface area contributed by atoms with Gasteiger partial charge in [-0.15, -0.1) is 0 Å². The number of carbonyl (C=O) groups excluding carboxylic acids is 1. The summed E-state index contributed by atoms with van der Waals surface area (Å²) in [7, 11) is 4.81. The van der Waals surface area contributed by atoms with Gasteiger partial charge in [0.1, 0.15) is 5.78 Å². The number of carbonyl (C=O) groups is 1. The molecule has 0 N–H and O–H groups in total. The third kappa shape index (κ3) is 2.54. The van der Waals surface area contributed by atoms with Gasteiger partial charge >= 0.3 is 8.26 Å². The monoisotopic (exact) mass is 286 g/mol. The van der Waals surface area contributed by atoms with Crippen molar-refractivity contribution < 1.29 is 13.2 Å². The Balaban J connectivity index is 0.000000221. The molecule has 2 saturated carbocycles. The lowest BCUT2D eigenvalue weighted by molar-refractivity contribution is -0.128. The molecule has 0 unspecified atom stereocenters.